The fourth-order valence-corrected chi connectivity index (χ4v) is 1.96. The van der Waals surface area contributed by atoms with E-state index in [9.17, 15) is 0 Å². The number of methoxy groups -OCH3 is 2. The number of nitrogens with one attached hydrogen (secondary N) is 1. The lowest BCUT2D eigenvalue weighted by Crippen LogP contribution is -2.21. The molecule has 0 spiro atoms. The number of aryl methyl sites for hydroxylation is 1. The second-order valence-corrected chi connectivity index (χ2v) is 4.93. The lowest BCUT2D eigenvalue weighted by molar-refractivity contribution is 0.388. The van der Waals surface area contributed by atoms with Gasteiger partial charge in [-0.1, -0.05) is 6.92 Å². The second kappa shape index (κ2) is 8.02. The van der Waals surface area contributed by atoms with E-state index in [0.29, 0.717) is 5.92 Å². The highest BCUT2D eigenvalue weighted by molar-refractivity contribution is 5.46. The maximum absolute atomic E-state index is 5.61. The molecule has 0 aliphatic carbocycles. The van der Waals surface area contributed by atoms with Crippen molar-refractivity contribution in [2.24, 2.45) is 11.7 Å². The molecule has 0 saturated heterocycles. The molecule has 0 fully saturated rings. The molecule has 1 aromatic carbocycles. The van der Waals surface area contributed by atoms with E-state index >= 15 is 0 Å². The lowest BCUT2D eigenvalue weighted by Gasteiger charge is -2.15. The van der Waals surface area contributed by atoms with Gasteiger partial charge in [0.15, 0.2) is 0 Å². The molecule has 0 bridgehead atoms. The van der Waals surface area contributed by atoms with Gasteiger partial charge in [-0.15, -0.1) is 0 Å². The molecule has 0 aliphatic heterocycles. The molecule has 0 radical (unpaired) electrons. The van der Waals surface area contributed by atoms with Gasteiger partial charge in [-0.2, -0.15) is 0 Å². The van der Waals surface area contributed by atoms with Crippen LogP contribution in [0.4, 0.5) is 0 Å². The Kier molecular flexibility index (Phi) is 6.67. The molecule has 0 aromatic heterocycles. The van der Waals surface area contributed by atoms with E-state index in [4.69, 9.17) is 15.2 Å². The first kappa shape index (κ1) is 15.8. The van der Waals surface area contributed by atoms with E-state index in [1.54, 1.807) is 14.2 Å². The maximum Gasteiger partial charge on any atom is 0.127 e. The monoisotopic (exact) mass is 266 g/mol. The van der Waals surface area contributed by atoms with E-state index in [2.05, 4.69) is 19.2 Å². The normalized spacial score (nSPS) is 12.3. The summed E-state index contributed by atoms with van der Waals surface area (Å²) in [5, 5.41) is 3.44. The first-order valence-corrected chi connectivity index (χ1v) is 6.74. The fourth-order valence-electron chi connectivity index (χ4n) is 1.96. The van der Waals surface area contributed by atoms with E-state index in [-0.39, 0.29) is 0 Å². The van der Waals surface area contributed by atoms with Gasteiger partial charge in [0.25, 0.3) is 0 Å². The van der Waals surface area contributed by atoms with Gasteiger partial charge in [0.05, 0.1) is 14.2 Å². The standard InChI is InChI=1S/C15H26N2O2/c1-11(9-16)5-6-17-10-14-12(2)7-13(18-3)8-15(14)19-4/h7-8,11,17H,5-6,9-10,16H2,1-4H3. The van der Waals surface area contributed by atoms with Crippen LogP contribution < -0.4 is 20.5 Å². The van der Waals surface area contributed by atoms with E-state index in [1.807, 2.05) is 12.1 Å². The minimum Gasteiger partial charge on any atom is -0.497 e. The molecule has 0 aliphatic rings. The Morgan fingerprint density at radius 1 is 1.26 bits per heavy atom. The third-order valence-corrected chi connectivity index (χ3v) is 3.38. The lowest BCUT2D eigenvalue weighted by atomic mass is 10.1. The number of benzene rings is 1. The van der Waals surface area contributed by atoms with Crippen molar-refractivity contribution >= 4 is 0 Å². The molecule has 1 aromatic rings. The molecule has 0 amide bonds. The third kappa shape index (κ3) is 4.73. The molecule has 1 rings (SSSR count). The van der Waals surface area contributed by atoms with Crippen LogP contribution in [-0.2, 0) is 6.54 Å². The van der Waals surface area contributed by atoms with Gasteiger partial charge in [-0.3, -0.25) is 0 Å². The molecular weight excluding hydrogens is 240 g/mol. The van der Waals surface area contributed by atoms with Crippen LogP contribution in [0, 0.1) is 12.8 Å². The molecular formula is C15H26N2O2. The average molecular weight is 266 g/mol. The van der Waals surface area contributed by atoms with Crippen LogP contribution in [0.3, 0.4) is 0 Å². The Balaban J connectivity index is 2.62. The maximum atomic E-state index is 5.61. The smallest absolute Gasteiger partial charge is 0.127 e. The van der Waals surface area contributed by atoms with Crippen molar-refractivity contribution in [1.82, 2.24) is 5.32 Å². The summed E-state index contributed by atoms with van der Waals surface area (Å²) < 4.78 is 10.7. The molecule has 1 unspecified atom stereocenters. The van der Waals surface area contributed by atoms with Crippen molar-refractivity contribution in [3.8, 4) is 11.5 Å². The SMILES string of the molecule is COc1cc(C)c(CNCCC(C)CN)c(OC)c1. The molecule has 0 saturated carbocycles. The van der Waals surface area contributed by atoms with Crippen LogP contribution in [0.15, 0.2) is 12.1 Å². The molecule has 4 nitrogen and oxygen atoms in total. The molecule has 108 valence electrons. The van der Waals surface area contributed by atoms with Crippen molar-refractivity contribution < 1.29 is 9.47 Å². The molecule has 19 heavy (non-hydrogen) atoms. The zero-order valence-corrected chi connectivity index (χ0v) is 12.5. The van der Waals surface area contributed by atoms with Crippen molar-refractivity contribution in [3.05, 3.63) is 23.3 Å². The number of hydrogen-bond acceptors (Lipinski definition) is 4. The number of rotatable bonds is 8. The van der Waals surface area contributed by atoms with Gasteiger partial charge in [-0.05, 0) is 44.0 Å². The van der Waals surface area contributed by atoms with Crippen LogP contribution in [0.25, 0.3) is 0 Å². The fraction of sp³-hybridized carbons (Fsp3) is 0.600. The van der Waals surface area contributed by atoms with E-state index < -0.39 is 0 Å². The van der Waals surface area contributed by atoms with Gasteiger partial charge >= 0.3 is 0 Å². The van der Waals surface area contributed by atoms with Gasteiger partial charge in [0.2, 0.25) is 0 Å². The highest BCUT2D eigenvalue weighted by atomic mass is 16.5. The predicted molar refractivity (Wildman–Crippen MR) is 78.8 cm³/mol. The minimum absolute atomic E-state index is 0.561. The Morgan fingerprint density at radius 3 is 2.58 bits per heavy atom. The van der Waals surface area contributed by atoms with Gasteiger partial charge in [0.1, 0.15) is 11.5 Å². The topological polar surface area (TPSA) is 56.5 Å². The quantitative estimate of drug-likeness (QED) is 0.707. The van der Waals surface area contributed by atoms with Gasteiger partial charge in [0, 0.05) is 18.2 Å². The summed E-state index contributed by atoms with van der Waals surface area (Å²) in [6.45, 7) is 6.75. The summed E-state index contributed by atoms with van der Waals surface area (Å²) in [6, 6.07) is 3.95. The van der Waals surface area contributed by atoms with E-state index in [0.717, 1.165) is 37.6 Å². The summed E-state index contributed by atoms with van der Waals surface area (Å²) in [5.74, 6) is 2.26. The number of hydrogen-bond donors (Lipinski definition) is 2. The molecule has 3 N–H and O–H groups in total. The second-order valence-electron chi connectivity index (χ2n) is 4.93. The summed E-state index contributed by atoms with van der Waals surface area (Å²) in [7, 11) is 3.36. The summed E-state index contributed by atoms with van der Waals surface area (Å²) in [6.07, 6.45) is 1.09. The van der Waals surface area contributed by atoms with Crippen LogP contribution in [-0.4, -0.2) is 27.3 Å². The summed E-state index contributed by atoms with van der Waals surface area (Å²) >= 11 is 0. The Morgan fingerprint density at radius 2 is 2.00 bits per heavy atom. The summed E-state index contributed by atoms with van der Waals surface area (Å²) in [5.41, 5.74) is 7.97. The molecule has 1 atom stereocenters. The molecule has 4 heteroatoms. The molecule has 0 heterocycles. The van der Waals surface area contributed by atoms with E-state index in [1.165, 1.54) is 11.1 Å². The third-order valence-electron chi connectivity index (χ3n) is 3.38. The van der Waals surface area contributed by atoms with Gasteiger partial charge < -0.3 is 20.5 Å². The first-order chi connectivity index (χ1) is 9.12. The Bertz CT molecular complexity index is 394. The summed E-state index contributed by atoms with van der Waals surface area (Å²) in [4.78, 5) is 0. The Hall–Kier alpha value is -1.26. The van der Waals surface area contributed by atoms with Crippen LogP contribution in [0.5, 0.6) is 11.5 Å². The predicted octanol–water partition coefficient (Wildman–Crippen LogP) is 2.09. The highest BCUT2D eigenvalue weighted by Crippen LogP contribution is 2.28. The van der Waals surface area contributed by atoms with Gasteiger partial charge in [-0.25, -0.2) is 0 Å². The van der Waals surface area contributed by atoms with Crippen molar-refractivity contribution in [2.75, 3.05) is 27.3 Å². The van der Waals surface area contributed by atoms with Crippen molar-refractivity contribution in [3.63, 3.8) is 0 Å². The van der Waals surface area contributed by atoms with Crippen molar-refractivity contribution in [2.45, 2.75) is 26.8 Å². The Labute approximate surface area is 116 Å². The number of nitrogens with two attached hydrogens (primary N) is 1. The zero-order chi connectivity index (χ0) is 14.3. The zero-order valence-electron chi connectivity index (χ0n) is 12.5. The van der Waals surface area contributed by atoms with Crippen LogP contribution in [0.1, 0.15) is 24.5 Å². The number of ether oxygens (including phenoxy) is 2. The van der Waals surface area contributed by atoms with Crippen LogP contribution in [0.2, 0.25) is 0 Å². The minimum atomic E-state index is 0.561. The largest absolute Gasteiger partial charge is 0.497 e. The average Bonchev–Trinajstić information content (AvgIpc) is 2.43. The van der Waals surface area contributed by atoms with Crippen molar-refractivity contribution in [1.29, 1.82) is 0 Å². The van der Waals surface area contributed by atoms with Crippen LogP contribution >= 0.6 is 0 Å². The highest BCUT2D eigenvalue weighted by Gasteiger charge is 2.09. The first-order valence-electron chi connectivity index (χ1n) is 6.74.